The summed E-state index contributed by atoms with van der Waals surface area (Å²) in [5.74, 6) is -11.2. The number of aliphatic hydroxyl groups is 9. The first kappa shape index (κ1) is 30.0. The van der Waals surface area contributed by atoms with Gasteiger partial charge in [-0.3, -0.25) is 0 Å². The van der Waals surface area contributed by atoms with Gasteiger partial charge in [0.05, 0.1) is 17.9 Å². The van der Waals surface area contributed by atoms with E-state index in [-0.39, 0.29) is 17.4 Å². The van der Waals surface area contributed by atoms with E-state index in [0.717, 1.165) is 18.2 Å². The fraction of sp³-hybridized carbons (Fsp3) is 0.286. The number of hydrogen-bond donors (Lipinski definition) is 9. The number of carbonyl (C=O) groups excluding carboxylic acids is 3. The summed E-state index contributed by atoms with van der Waals surface area (Å²) in [6.07, 6.45) is -1.05. The van der Waals surface area contributed by atoms with Crippen molar-refractivity contribution in [3.05, 3.63) is 70.1 Å². The summed E-state index contributed by atoms with van der Waals surface area (Å²) in [6.45, 7) is 0. The van der Waals surface area contributed by atoms with Crippen LogP contribution in [0.15, 0.2) is 70.1 Å². The molecular weight excluding hydrogens is 567 g/mol. The number of epoxide rings is 3. The fourth-order valence-electron chi connectivity index (χ4n) is 3.81. The monoisotopic (exact) mass is 582 g/mol. The van der Waals surface area contributed by atoms with Crippen LogP contribution in [-0.4, -0.2) is 116 Å². The summed E-state index contributed by atoms with van der Waals surface area (Å²) >= 11 is 0. The standard InChI is InChI=1S/3C7H6O6.Al/c3*8-2-1-7(6(11)12)5(13-7)4(10)3(2)9;/h3*1,5,8-10H,(H,11,12);/q;;;+3/p-3. The minimum atomic E-state index is -1.81. The Bertz CT molecular complexity index is 1240. The number of carboxylic acids is 3. The van der Waals surface area contributed by atoms with Crippen molar-refractivity contribution in [2.45, 2.75) is 35.1 Å². The van der Waals surface area contributed by atoms with Gasteiger partial charge in [-0.1, -0.05) is 0 Å². The Morgan fingerprint density at radius 2 is 0.725 bits per heavy atom. The minimum absolute atomic E-state index is 0. The second-order valence-electron chi connectivity index (χ2n) is 8.53. The molecule has 18 nitrogen and oxygen atoms in total. The third-order valence-electron chi connectivity index (χ3n) is 6.15. The van der Waals surface area contributed by atoms with Crippen molar-refractivity contribution in [1.29, 1.82) is 0 Å². The van der Waals surface area contributed by atoms with Gasteiger partial charge in [-0.15, -0.1) is 0 Å². The normalized spacial score (nSPS) is 35.7. The number of hydrogen-bond acceptors (Lipinski definition) is 18. The molecule has 3 heterocycles. The van der Waals surface area contributed by atoms with Crippen molar-refractivity contribution in [2.75, 3.05) is 0 Å². The maximum absolute atomic E-state index is 10.5. The first-order valence-electron chi connectivity index (χ1n) is 10.3. The minimum Gasteiger partial charge on any atom is -0.547 e. The maximum Gasteiger partial charge on any atom is 3.00 e. The van der Waals surface area contributed by atoms with Crippen molar-refractivity contribution in [3.63, 3.8) is 0 Å². The van der Waals surface area contributed by atoms with Crippen LogP contribution in [0.2, 0.25) is 0 Å². The molecule has 3 aliphatic heterocycles. The Morgan fingerprint density at radius 1 is 0.525 bits per heavy atom. The molecule has 9 N–H and O–H groups in total. The zero-order valence-electron chi connectivity index (χ0n) is 19.2. The molecule has 0 amide bonds. The molecule has 6 atom stereocenters. The zero-order chi connectivity index (χ0) is 29.4. The van der Waals surface area contributed by atoms with Crippen molar-refractivity contribution in [1.82, 2.24) is 0 Å². The van der Waals surface area contributed by atoms with Crippen molar-refractivity contribution in [3.8, 4) is 0 Å². The number of carboxylic acid groups (broad SMARTS) is 3. The average molecular weight is 582 g/mol. The van der Waals surface area contributed by atoms with Crippen LogP contribution in [0.25, 0.3) is 0 Å². The molecule has 3 fully saturated rings. The van der Waals surface area contributed by atoms with E-state index >= 15 is 0 Å². The van der Waals surface area contributed by atoms with Crippen LogP contribution in [0.4, 0.5) is 0 Å². The molecule has 3 aliphatic carbocycles. The first-order chi connectivity index (χ1) is 18.0. The SMILES string of the molecule is O=C([O-])C12C=C(O)C(O)=C(O)C1O2.O=C([O-])C12C=C(O)C(O)=C(O)C1O2.O=C([O-])C12C=C(O)C(O)=C(O)C1O2.[Al+3]. The molecular formula is C21H15AlO18. The van der Waals surface area contributed by atoms with E-state index in [4.69, 9.17) is 46.0 Å². The molecule has 6 rings (SSSR count). The molecule has 3 saturated heterocycles. The van der Waals surface area contributed by atoms with Crippen molar-refractivity contribution in [2.24, 2.45) is 0 Å². The van der Waals surface area contributed by atoms with Crippen molar-refractivity contribution < 1.29 is 89.9 Å². The topological polar surface area (TPSA) is 340 Å². The van der Waals surface area contributed by atoms with E-state index in [9.17, 15) is 29.7 Å². The Morgan fingerprint density at radius 3 is 0.900 bits per heavy atom. The van der Waals surface area contributed by atoms with Crippen LogP contribution in [-0.2, 0) is 28.6 Å². The largest absolute Gasteiger partial charge is 3.00 e. The van der Waals surface area contributed by atoms with Gasteiger partial charge in [0, 0.05) is 18.2 Å². The second kappa shape index (κ2) is 9.29. The van der Waals surface area contributed by atoms with Crippen LogP contribution in [0.5, 0.6) is 0 Å². The molecule has 210 valence electrons. The Labute approximate surface area is 230 Å². The van der Waals surface area contributed by atoms with Gasteiger partial charge in [0.2, 0.25) is 0 Å². The molecule has 0 bridgehead atoms. The molecule has 0 spiro atoms. The number of aliphatic hydroxyl groups excluding tert-OH is 9. The molecule has 0 aromatic carbocycles. The third kappa shape index (κ3) is 4.22. The van der Waals surface area contributed by atoms with Crippen LogP contribution in [0, 0.1) is 0 Å². The van der Waals surface area contributed by atoms with E-state index in [0.29, 0.717) is 0 Å². The van der Waals surface area contributed by atoms with Gasteiger partial charge in [0.1, 0.15) is 0 Å². The van der Waals surface area contributed by atoms with E-state index in [1.165, 1.54) is 0 Å². The molecule has 19 heteroatoms. The number of fused-ring (bicyclic) bond motifs is 3. The molecule has 0 aromatic rings. The zero-order valence-corrected chi connectivity index (χ0v) is 20.4. The van der Waals surface area contributed by atoms with Gasteiger partial charge < -0.3 is 89.9 Å². The number of rotatable bonds is 3. The van der Waals surface area contributed by atoms with Crippen LogP contribution in [0.1, 0.15) is 0 Å². The van der Waals surface area contributed by atoms with Crippen LogP contribution >= 0.6 is 0 Å². The van der Waals surface area contributed by atoms with Gasteiger partial charge in [0.15, 0.2) is 86.9 Å². The van der Waals surface area contributed by atoms with Gasteiger partial charge in [-0.05, 0) is 0 Å². The summed E-state index contributed by atoms with van der Waals surface area (Å²) in [5, 5.41) is 113. The van der Waals surface area contributed by atoms with Crippen LogP contribution in [0.3, 0.4) is 0 Å². The van der Waals surface area contributed by atoms with E-state index in [1.807, 2.05) is 0 Å². The molecule has 6 unspecified atom stereocenters. The van der Waals surface area contributed by atoms with Crippen molar-refractivity contribution >= 4 is 35.3 Å². The Kier molecular flexibility index (Phi) is 6.97. The van der Waals surface area contributed by atoms with E-state index in [2.05, 4.69) is 14.2 Å². The predicted molar refractivity (Wildman–Crippen MR) is 113 cm³/mol. The quantitative estimate of drug-likeness (QED) is 0.112. The first-order valence-corrected chi connectivity index (χ1v) is 10.3. The van der Waals surface area contributed by atoms with E-state index < -0.39 is 105 Å². The van der Waals surface area contributed by atoms with Crippen LogP contribution < -0.4 is 15.3 Å². The van der Waals surface area contributed by atoms with E-state index in [1.54, 1.807) is 0 Å². The Balaban J connectivity index is 0.000000163. The van der Waals surface area contributed by atoms with Gasteiger partial charge in [0.25, 0.3) is 0 Å². The molecule has 0 aromatic heterocycles. The molecule has 40 heavy (non-hydrogen) atoms. The smallest absolute Gasteiger partial charge is 0.547 e. The third-order valence-corrected chi connectivity index (χ3v) is 6.15. The fourth-order valence-corrected chi connectivity index (χ4v) is 3.81. The van der Waals surface area contributed by atoms with Gasteiger partial charge >= 0.3 is 17.4 Å². The number of carbonyl (C=O) groups is 3. The average Bonchev–Trinajstić information content (AvgIpc) is 3.75. The molecule has 0 saturated carbocycles. The summed E-state index contributed by atoms with van der Waals surface area (Å²) in [6, 6.07) is 0. The summed E-state index contributed by atoms with van der Waals surface area (Å²) in [4.78, 5) is 31.5. The van der Waals surface area contributed by atoms with Gasteiger partial charge in [-0.2, -0.15) is 0 Å². The summed E-state index contributed by atoms with van der Waals surface area (Å²) in [7, 11) is 0. The molecule has 0 radical (unpaired) electrons. The number of ether oxygens (including phenoxy) is 3. The maximum atomic E-state index is 10.5. The predicted octanol–water partition coefficient (Wildman–Crippen LogP) is -4.41. The second-order valence-corrected chi connectivity index (χ2v) is 8.53. The Hall–Kier alpha value is -4.54. The van der Waals surface area contributed by atoms with Gasteiger partial charge in [-0.25, -0.2) is 0 Å². The number of aliphatic carboxylic acids is 3. The molecule has 6 aliphatic rings. The summed E-state index contributed by atoms with van der Waals surface area (Å²) in [5.41, 5.74) is -5.42. The summed E-state index contributed by atoms with van der Waals surface area (Å²) < 4.78 is 13.8.